The van der Waals surface area contributed by atoms with Crippen molar-refractivity contribution in [1.82, 2.24) is 20.8 Å². The van der Waals surface area contributed by atoms with Gasteiger partial charge in [-0.15, -0.1) is 0 Å². The second-order valence-corrected chi connectivity index (χ2v) is 7.19. The van der Waals surface area contributed by atoms with Crippen molar-refractivity contribution < 1.29 is 9.47 Å². The van der Waals surface area contributed by atoms with E-state index in [1.165, 1.54) is 6.42 Å². The van der Waals surface area contributed by atoms with E-state index in [0.29, 0.717) is 24.6 Å². The number of methoxy groups -OCH3 is 1. The Balaban J connectivity index is 1.21. The van der Waals surface area contributed by atoms with E-state index in [1.54, 1.807) is 7.11 Å². The topological polar surface area (TPSA) is 71.5 Å². The van der Waals surface area contributed by atoms with E-state index in [2.05, 4.69) is 25.7 Å². The van der Waals surface area contributed by atoms with Crippen LogP contribution in [0.3, 0.4) is 0 Å². The molecule has 0 saturated carbocycles. The van der Waals surface area contributed by atoms with Crippen molar-refractivity contribution >= 4 is 5.95 Å². The number of aromatic nitrogens is 2. The fourth-order valence-corrected chi connectivity index (χ4v) is 3.91. The van der Waals surface area contributed by atoms with E-state index in [9.17, 15) is 0 Å². The van der Waals surface area contributed by atoms with Gasteiger partial charge in [-0.3, -0.25) is 10.9 Å². The van der Waals surface area contributed by atoms with Gasteiger partial charge in [-0.05, 0) is 43.4 Å². The van der Waals surface area contributed by atoms with Gasteiger partial charge in [0.15, 0.2) is 0 Å². The molecule has 3 unspecified atom stereocenters. The molecule has 0 bridgehead atoms. The van der Waals surface area contributed by atoms with Crippen LogP contribution in [0.5, 0.6) is 11.5 Å². The van der Waals surface area contributed by atoms with Crippen molar-refractivity contribution in [3.05, 3.63) is 42.7 Å². The van der Waals surface area contributed by atoms with E-state index >= 15 is 0 Å². The summed E-state index contributed by atoms with van der Waals surface area (Å²) in [6.45, 7) is 2.72. The molecule has 0 aliphatic carbocycles. The predicted octanol–water partition coefficient (Wildman–Crippen LogP) is 2.02. The van der Waals surface area contributed by atoms with Gasteiger partial charge in [0.25, 0.3) is 0 Å². The zero-order valence-corrected chi connectivity index (χ0v) is 15.7. The molecular weight excluding hydrogens is 342 g/mol. The molecule has 4 rings (SSSR count). The molecule has 144 valence electrons. The van der Waals surface area contributed by atoms with Crippen molar-refractivity contribution in [2.75, 3.05) is 31.7 Å². The Hall–Kier alpha value is -2.38. The van der Waals surface area contributed by atoms with Crippen molar-refractivity contribution in [2.24, 2.45) is 5.92 Å². The van der Waals surface area contributed by atoms with Crippen LogP contribution in [0.25, 0.3) is 0 Å². The maximum atomic E-state index is 5.87. The van der Waals surface area contributed by atoms with Crippen LogP contribution in [0.2, 0.25) is 0 Å². The predicted molar refractivity (Wildman–Crippen MR) is 104 cm³/mol. The van der Waals surface area contributed by atoms with Gasteiger partial charge < -0.3 is 14.4 Å². The van der Waals surface area contributed by atoms with Crippen LogP contribution in [0.1, 0.15) is 19.3 Å². The van der Waals surface area contributed by atoms with E-state index in [4.69, 9.17) is 9.47 Å². The monoisotopic (exact) mass is 369 g/mol. The van der Waals surface area contributed by atoms with Crippen molar-refractivity contribution in [3.63, 3.8) is 0 Å². The summed E-state index contributed by atoms with van der Waals surface area (Å²) in [6.07, 6.45) is 6.88. The normalized spacial score (nSPS) is 24.9. The molecule has 7 nitrogen and oxygen atoms in total. The van der Waals surface area contributed by atoms with Gasteiger partial charge in [-0.25, -0.2) is 9.97 Å². The van der Waals surface area contributed by atoms with E-state index in [0.717, 1.165) is 43.4 Å². The molecule has 2 aliphatic heterocycles. The highest BCUT2D eigenvalue weighted by Gasteiger charge is 2.35. The summed E-state index contributed by atoms with van der Waals surface area (Å²) in [4.78, 5) is 11.0. The van der Waals surface area contributed by atoms with Crippen molar-refractivity contribution in [3.8, 4) is 11.5 Å². The first-order valence-electron chi connectivity index (χ1n) is 9.61. The number of hydrazine groups is 1. The van der Waals surface area contributed by atoms with Gasteiger partial charge >= 0.3 is 0 Å². The Kier molecular flexibility index (Phi) is 5.69. The highest BCUT2D eigenvalue weighted by Crippen LogP contribution is 2.27. The number of rotatable bonds is 7. The number of ether oxygens (including phenoxy) is 2. The number of hydrogen-bond acceptors (Lipinski definition) is 7. The lowest BCUT2D eigenvalue weighted by Crippen LogP contribution is -2.38. The van der Waals surface area contributed by atoms with Crippen LogP contribution < -0.4 is 25.2 Å². The summed E-state index contributed by atoms with van der Waals surface area (Å²) in [5.74, 6) is 3.13. The fourth-order valence-electron chi connectivity index (χ4n) is 3.91. The minimum Gasteiger partial charge on any atom is -0.497 e. The molecule has 2 aromatic rings. The number of benzene rings is 1. The molecule has 2 N–H and O–H groups in total. The molecule has 2 fully saturated rings. The summed E-state index contributed by atoms with van der Waals surface area (Å²) in [5, 5.41) is 0. The Morgan fingerprint density at radius 2 is 2.00 bits per heavy atom. The maximum absolute atomic E-state index is 5.87. The molecule has 2 aliphatic rings. The van der Waals surface area contributed by atoms with E-state index in [1.807, 2.05) is 42.7 Å². The Labute approximate surface area is 160 Å². The number of hydrogen-bond donors (Lipinski definition) is 2. The maximum Gasteiger partial charge on any atom is 0.225 e. The quantitative estimate of drug-likeness (QED) is 0.774. The molecule has 3 atom stereocenters. The second-order valence-electron chi connectivity index (χ2n) is 7.19. The summed E-state index contributed by atoms with van der Waals surface area (Å²) >= 11 is 0. The first-order valence-corrected chi connectivity index (χ1v) is 9.61. The van der Waals surface area contributed by atoms with Gasteiger partial charge in [0, 0.05) is 43.6 Å². The lowest BCUT2D eigenvalue weighted by atomic mass is 9.94. The molecule has 3 heterocycles. The van der Waals surface area contributed by atoms with Crippen LogP contribution >= 0.6 is 0 Å². The Morgan fingerprint density at radius 1 is 1.15 bits per heavy atom. The Bertz CT molecular complexity index is 729. The highest BCUT2D eigenvalue weighted by molar-refractivity contribution is 5.33. The summed E-state index contributed by atoms with van der Waals surface area (Å²) in [7, 11) is 1.67. The molecule has 1 aromatic carbocycles. The van der Waals surface area contributed by atoms with E-state index < -0.39 is 0 Å². The standard InChI is InChI=1S/C20H27N5O2/c1-26-17-4-2-5-18(13-17)27-11-7-16-12-19(24-23-16)15-6-10-25(14-15)20-21-8-3-9-22-20/h2-5,8-9,13,15-16,19,23-24H,6-7,10-12,14H2,1H3. The number of nitrogens with zero attached hydrogens (tertiary/aromatic N) is 3. The van der Waals surface area contributed by atoms with Gasteiger partial charge in [-0.1, -0.05) is 6.07 Å². The average molecular weight is 369 g/mol. The molecule has 0 spiro atoms. The van der Waals surface area contributed by atoms with Crippen molar-refractivity contribution in [1.29, 1.82) is 0 Å². The first kappa shape index (κ1) is 18.0. The molecule has 0 amide bonds. The summed E-state index contributed by atoms with van der Waals surface area (Å²) in [5.41, 5.74) is 6.94. The van der Waals surface area contributed by atoms with Gasteiger partial charge in [0.1, 0.15) is 11.5 Å². The zero-order valence-electron chi connectivity index (χ0n) is 15.7. The fraction of sp³-hybridized carbons (Fsp3) is 0.500. The third-order valence-electron chi connectivity index (χ3n) is 5.42. The van der Waals surface area contributed by atoms with Gasteiger partial charge in [-0.2, -0.15) is 0 Å². The zero-order chi connectivity index (χ0) is 18.5. The van der Waals surface area contributed by atoms with Crippen LogP contribution in [0, 0.1) is 5.92 Å². The minimum absolute atomic E-state index is 0.433. The second kappa shape index (κ2) is 8.54. The number of anilines is 1. The molecule has 2 saturated heterocycles. The molecule has 0 radical (unpaired) electrons. The Morgan fingerprint density at radius 3 is 2.85 bits per heavy atom. The largest absolute Gasteiger partial charge is 0.497 e. The summed E-state index contributed by atoms with van der Waals surface area (Å²) in [6, 6.07) is 10.5. The lowest BCUT2D eigenvalue weighted by Gasteiger charge is -2.19. The average Bonchev–Trinajstić information content (AvgIpc) is 3.38. The first-order chi connectivity index (χ1) is 13.3. The van der Waals surface area contributed by atoms with Crippen LogP contribution in [0.4, 0.5) is 5.95 Å². The van der Waals surface area contributed by atoms with Crippen LogP contribution in [-0.4, -0.2) is 48.9 Å². The van der Waals surface area contributed by atoms with Crippen LogP contribution in [0.15, 0.2) is 42.7 Å². The van der Waals surface area contributed by atoms with Crippen LogP contribution in [-0.2, 0) is 0 Å². The molecular formula is C20H27N5O2. The lowest BCUT2D eigenvalue weighted by molar-refractivity contribution is 0.288. The summed E-state index contributed by atoms with van der Waals surface area (Å²) < 4.78 is 11.1. The van der Waals surface area contributed by atoms with E-state index in [-0.39, 0.29) is 0 Å². The molecule has 1 aromatic heterocycles. The minimum atomic E-state index is 0.433. The number of nitrogens with one attached hydrogen (secondary N) is 2. The smallest absolute Gasteiger partial charge is 0.225 e. The molecule has 27 heavy (non-hydrogen) atoms. The molecule has 7 heteroatoms. The van der Waals surface area contributed by atoms with Gasteiger partial charge in [0.05, 0.1) is 13.7 Å². The third kappa shape index (κ3) is 4.48. The highest BCUT2D eigenvalue weighted by atomic mass is 16.5. The van der Waals surface area contributed by atoms with Crippen molar-refractivity contribution in [2.45, 2.75) is 31.3 Å². The SMILES string of the molecule is COc1cccc(OCCC2CC(C3CCN(c4ncccn4)C3)NN2)c1. The van der Waals surface area contributed by atoms with Gasteiger partial charge in [0.2, 0.25) is 5.95 Å². The third-order valence-corrected chi connectivity index (χ3v) is 5.42.